The summed E-state index contributed by atoms with van der Waals surface area (Å²) >= 11 is 0. The van der Waals surface area contributed by atoms with E-state index in [2.05, 4.69) is 16.3 Å². The molecule has 126 valence electrons. The summed E-state index contributed by atoms with van der Waals surface area (Å²) in [5.41, 5.74) is 8.09. The molecule has 22 heavy (non-hydrogen) atoms. The minimum atomic E-state index is 0. The highest BCUT2D eigenvalue weighted by Crippen LogP contribution is 2.27. The number of amides is 1. The first kappa shape index (κ1) is 21.2. The van der Waals surface area contributed by atoms with Crippen molar-refractivity contribution in [3.05, 3.63) is 29.8 Å². The highest BCUT2D eigenvalue weighted by molar-refractivity contribution is 5.91. The van der Waals surface area contributed by atoms with Crippen LogP contribution in [-0.2, 0) is 11.3 Å². The Hall–Kier alpha value is -0.810. The van der Waals surface area contributed by atoms with Gasteiger partial charge in [0.2, 0.25) is 5.91 Å². The quantitative estimate of drug-likeness (QED) is 0.860. The van der Waals surface area contributed by atoms with Gasteiger partial charge in [-0.25, -0.2) is 0 Å². The molecule has 4 nitrogen and oxygen atoms in total. The molecule has 1 fully saturated rings. The minimum absolute atomic E-state index is 0. The smallest absolute Gasteiger partial charge is 0.224 e. The third-order valence-corrected chi connectivity index (χ3v) is 3.87. The number of nitrogens with zero attached hydrogens (tertiary/aromatic N) is 1. The molecule has 0 aliphatic heterocycles. The molecule has 0 radical (unpaired) electrons. The van der Waals surface area contributed by atoms with Gasteiger partial charge in [-0.1, -0.05) is 18.6 Å². The number of nitrogens with one attached hydrogen (secondary N) is 1. The third kappa shape index (κ3) is 6.53. The maximum Gasteiger partial charge on any atom is 0.224 e. The molecular formula is C16H27Cl2N3O. The van der Waals surface area contributed by atoms with E-state index in [1.165, 1.54) is 5.56 Å². The topological polar surface area (TPSA) is 58.4 Å². The Morgan fingerprint density at radius 1 is 1.32 bits per heavy atom. The lowest BCUT2D eigenvalue weighted by Crippen LogP contribution is -2.28. The number of rotatable bonds is 5. The number of carbonyl (C=O) groups is 1. The van der Waals surface area contributed by atoms with Gasteiger partial charge < -0.3 is 16.0 Å². The Morgan fingerprint density at radius 2 is 2.05 bits per heavy atom. The van der Waals surface area contributed by atoms with Gasteiger partial charge in [0.1, 0.15) is 0 Å². The second-order valence-electron chi connectivity index (χ2n) is 6.05. The zero-order valence-corrected chi connectivity index (χ0v) is 14.9. The number of carbonyl (C=O) groups excluding carboxylic acids is 1. The number of nitrogens with two attached hydrogens (primary N) is 1. The number of halogens is 2. The predicted octanol–water partition coefficient (Wildman–Crippen LogP) is 3.05. The number of benzene rings is 1. The molecule has 1 aliphatic rings. The largest absolute Gasteiger partial charge is 0.327 e. The molecule has 0 spiro atoms. The van der Waals surface area contributed by atoms with E-state index in [1.54, 1.807) is 0 Å². The molecule has 1 aliphatic carbocycles. The van der Waals surface area contributed by atoms with Crippen LogP contribution in [0.2, 0.25) is 0 Å². The summed E-state index contributed by atoms with van der Waals surface area (Å²) in [5.74, 6) is 0.425. The van der Waals surface area contributed by atoms with Crippen molar-refractivity contribution >= 4 is 36.4 Å². The average Bonchev–Trinajstić information content (AvgIpc) is 2.74. The van der Waals surface area contributed by atoms with E-state index in [0.29, 0.717) is 12.3 Å². The molecule has 6 heteroatoms. The van der Waals surface area contributed by atoms with Gasteiger partial charge in [0, 0.05) is 24.7 Å². The van der Waals surface area contributed by atoms with Crippen molar-refractivity contribution in [1.82, 2.24) is 4.90 Å². The number of hydrogen-bond acceptors (Lipinski definition) is 3. The van der Waals surface area contributed by atoms with Gasteiger partial charge in [0.25, 0.3) is 0 Å². The Labute approximate surface area is 145 Å². The highest BCUT2D eigenvalue weighted by atomic mass is 35.5. The lowest BCUT2D eigenvalue weighted by molar-refractivity contribution is -0.117. The van der Waals surface area contributed by atoms with Crippen LogP contribution in [0.25, 0.3) is 0 Å². The molecule has 0 unspecified atom stereocenters. The van der Waals surface area contributed by atoms with Crippen LogP contribution in [-0.4, -0.2) is 30.9 Å². The molecule has 0 saturated heterocycles. The molecule has 1 saturated carbocycles. The molecular weight excluding hydrogens is 321 g/mol. The monoisotopic (exact) mass is 347 g/mol. The van der Waals surface area contributed by atoms with Crippen molar-refractivity contribution in [3.63, 3.8) is 0 Å². The number of hydrogen-bond donors (Lipinski definition) is 2. The third-order valence-electron chi connectivity index (χ3n) is 3.87. The first-order valence-corrected chi connectivity index (χ1v) is 7.33. The molecule has 1 aromatic rings. The van der Waals surface area contributed by atoms with Gasteiger partial charge >= 0.3 is 0 Å². The maximum atomic E-state index is 12.1. The molecule has 0 bridgehead atoms. The molecule has 0 heterocycles. The van der Waals surface area contributed by atoms with Crippen LogP contribution < -0.4 is 11.1 Å². The molecule has 3 N–H and O–H groups in total. The van der Waals surface area contributed by atoms with Crippen LogP contribution >= 0.6 is 24.8 Å². The van der Waals surface area contributed by atoms with Crippen LogP contribution in [0.4, 0.5) is 5.69 Å². The summed E-state index contributed by atoms with van der Waals surface area (Å²) in [6, 6.07) is 8.22. The normalized spacial score (nSPS) is 20.2. The maximum absolute atomic E-state index is 12.1. The highest BCUT2D eigenvalue weighted by Gasteiger charge is 2.25. The summed E-state index contributed by atoms with van der Waals surface area (Å²) in [7, 11) is 4.07. The molecule has 2 rings (SSSR count). The van der Waals surface area contributed by atoms with Gasteiger partial charge in [-0.05, 0) is 50.6 Å². The van der Waals surface area contributed by atoms with E-state index in [9.17, 15) is 4.79 Å². The fourth-order valence-corrected chi connectivity index (χ4v) is 2.88. The van der Waals surface area contributed by atoms with Crippen molar-refractivity contribution < 1.29 is 4.79 Å². The van der Waals surface area contributed by atoms with E-state index >= 15 is 0 Å². The second kappa shape index (κ2) is 10.1. The minimum Gasteiger partial charge on any atom is -0.327 e. The molecule has 2 atom stereocenters. The van der Waals surface area contributed by atoms with Gasteiger partial charge in [-0.2, -0.15) is 0 Å². The Bertz CT molecular complexity index is 468. The van der Waals surface area contributed by atoms with Crippen molar-refractivity contribution in [2.75, 3.05) is 19.4 Å². The fraction of sp³-hybridized carbons (Fsp3) is 0.562. The predicted molar refractivity (Wildman–Crippen MR) is 96.9 cm³/mol. The first-order chi connectivity index (χ1) is 9.54. The van der Waals surface area contributed by atoms with E-state index in [0.717, 1.165) is 31.5 Å². The summed E-state index contributed by atoms with van der Waals surface area (Å²) in [5, 5.41) is 2.99. The Balaban J connectivity index is 0.00000220. The van der Waals surface area contributed by atoms with E-state index in [-0.39, 0.29) is 36.8 Å². The standard InChI is InChI=1S/C16H25N3O.2ClH/c1-19(2)11-12-5-3-7-14(9-12)18-16(20)10-13-6-4-8-15(13)17;;/h3,5,7,9,13,15H,4,6,8,10-11,17H2,1-2H3,(H,18,20);2*1H/t13-,15+;;/m0../s1. The van der Waals surface area contributed by atoms with E-state index in [4.69, 9.17) is 5.73 Å². The number of anilines is 1. The lowest BCUT2D eigenvalue weighted by Gasteiger charge is -2.15. The van der Waals surface area contributed by atoms with Gasteiger partial charge in [0.15, 0.2) is 0 Å². The van der Waals surface area contributed by atoms with Crippen LogP contribution in [0.5, 0.6) is 0 Å². The van der Waals surface area contributed by atoms with E-state index in [1.807, 2.05) is 32.3 Å². The van der Waals surface area contributed by atoms with Crippen LogP contribution in [0, 0.1) is 5.92 Å². The van der Waals surface area contributed by atoms with Gasteiger partial charge in [-0.3, -0.25) is 4.79 Å². The van der Waals surface area contributed by atoms with Gasteiger partial charge in [-0.15, -0.1) is 24.8 Å². The van der Waals surface area contributed by atoms with Crippen molar-refractivity contribution in [2.24, 2.45) is 11.7 Å². The Kier molecular flexibility index (Phi) is 9.69. The summed E-state index contributed by atoms with van der Waals surface area (Å²) in [6.45, 7) is 0.872. The van der Waals surface area contributed by atoms with Crippen molar-refractivity contribution in [2.45, 2.75) is 38.3 Å². The van der Waals surface area contributed by atoms with Crippen LogP contribution in [0.3, 0.4) is 0 Å². The molecule has 1 aromatic carbocycles. The summed E-state index contributed by atoms with van der Waals surface area (Å²) < 4.78 is 0. The summed E-state index contributed by atoms with van der Waals surface area (Å²) in [4.78, 5) is 14.2. The SMILES string of the molecule is CN(C)Cc1cccc(NC(=O)C[C@@H]2CCC[C@H]2N)c1.Cl.Cl. The second-order valence-corrected chi connectivity index (χ2v) is 6.05. The molecule has 0 aromatic heterocycles. The first-order valence-electron chi connectivity index (χ1n) is 7.33. The van der Waals surface area contributed by atoms with Crippen LogP contribution in [0.1, 0.15) is 31.2 Å². The zero-order valence-electron chi connectivity index (χ0n) is 13.2. The average molecular weight is 348 g/mol. The lowest BCUT2D eigenvalue weighted by atomic mass is 10.00. The van der Waals surface area contributed by atoms with Crippen LogP contribution in [0.15, 0.2) is 24.3 Å². The zero-order chi connectivity index (χ0) is 14.5. The molecule has 1 amide bonds. The summed E-state index contributed by atoms with van der Waals surface area (Å²) in [6.07, 6.45) is 3.82. The fourth-order valence-electron chi connectivity index (χ4n) is 2.88. The van der Waals surface area contributed by atoms with Crippen molar-refractivity contribution in [1.29, 1.82) is 0 Å². The Morgan fingerprint density at radius 3 is 2.64 bits per heavy atom. The van der Waals surface area contributed by atoms with E-state index < -0.39 is 0 Å². The van der Waals surface area contributed by atoms with Gasteiger partial charge in [0.05, 0.1) is 0 Å². The van der Waals surface area contributed by atoms with Crippen molar-refractivity contribution in [3.8, 4) is 0 Å².